The number of thiophene rings is 1. The first-order valence-corrected chi connectivity index (χ1v) is 8.98. The Bertz CT molecular complexity index is 388. The van der Waals surface area contributed by atoms with Crippen LogP contribution in [0.3, 0.4) is 0 Å². The van der Waals surface area contributed by atoms with Gasteiger partial charge in [0.2, 0.25) is 0 Å². The van der Waals surface area contributed by atoms with Gasteiger partial charge in [-0.2, -0.15) is 0 Å². The molecule has 20 heavy (non-hydrogen) atoms. The lowest BCUT2D eigenvalue weighted by atomic mass is 9.73. The van der Waals surface area contributed by atoms with E-state index in [9.17, 15) is 0 Å². The highest BCUT2D eigenvalue weighted by Gasteiger charge is 2.40. The van der Waals surface area contributed by atoms with Crippen LogP contribution in [0.15, 0.2) is 17.5 Å². The first-order chi connectivity index (χ1) is 9.61. The fourth-order valence-electron chi connectivity index (χ4n) is 3.84. The normalized spacial score (nSPS) is 27.4. The second-order valence-electron chi connectivity index (χ2n) is 6.60. The topological polar surface area (TPSA) is 29.3 Å². The van der Waals surface area contributed by atoms with Gasteiger partial charge in [0.25, 0.3) is 0 Å². The van der Waals surface area contributed by atoms with E-state index in [0.717, 1.165) is 19.0 Å². The largest absolute Gasteiger partial charge is 0.329 e. The molecule has 1 fully saturated rings. The molecule has 0 spiro atoms. The Balaban J connectivity index is 2.19. The Kier molecular flexibility index (Phi) is 5.65. The van der Waals surface area contributed by atoms with Crippen molar-refractivity contribution in [1.29, 1.82) is 0 Å². The molecular weight excluding hydrogens is 264 g/mol. The lowest BCUT2D eigenvalue weighted by molar-refractivity contribution is 0.00515. The molecule has 2 atom stereocenters. The molecule has 0 saturated heterocycles. The molecule has 0 amide bonds. The zero-order valence-corrected chi connectivity index (χ0v) is 14.1. The second-order valence-corrected chi connectivity index (χ2v) is 7.63. The van der Waals surface area contributed by atoms with Gasteiger partial charge in [-0.25, -0.2) is 0 Å². The molecule has 2 N–H and O–H groups in total. The lowest BCUT2D eigenvalue weighted by Gasteiger charge is -2.50. The van der Waals surface area contributed by atoms with Crippen molar-refractivity contribution in [1.82, 2.24) is 4.90 Å². The monoisotopic (exact) mass is 294 g/mol. The van der Waals surface area contributed by atoms with Gasteiger partial charge in [0.05, 0.1) is 0 Å². The molecule has 0 aromatic carbocycles. The molecule has 0 bridgehead atoms. The lowest BCUT2D eigenvalue weighted by Crippen LogP contribution is -2.58. The summed E-state index contributed by atoms with van der Waals surface area (Å²) < 4.78 is 0. The second kappa shape index (κ2) is 7.06. The van der Waals surface area contributed by atoms with Crippen LogP contribution in [0.25, 0.3) is 0 Å². The Morgan fingerprint density at radius 3 is 2.85 bits per heavy atom. The van der Waals surface area contributed by atoms with Crippen molar-refractivity contribution < 1.29 is 0 Å². The minimum absolute atomic E-state index is 0.219. The summed E-state index contributed by atoms with van der Waals surface area (Å²) in [6.07, 6.45) is 6.58. The Hall–Kier alpha value is -0.380. The molecule has 1 aliphatic carbocycles. The summed E-state index contributed by atoms with van der Waals surface area (Å²) in [7, 11) is 0. The van der Waals surface area contributed by atoms with Crippen molar-refractivity contribution in [3.8, 4) is 0 Å². The van der Waals surface area contributed by atoms with Crippen molar-refractivity contribution in [2.45, 2.75) is 71.0 Å². The van der Waals surface area contributed by atoms with Crippen molar-refractivity contribution in [3.05, 3.63) is 22.4 Å². The first-order valence-electron chi connectivity index (χ1n) is 8.10. The highest BCUT2D eigenvalue weighted by molar-refractivity contribution is 7.09. The molecule has 3 heteroatoms. The summed E-state index contributed by atoms with van der Waals surface area (Å²) >= 11 is 1.87. The first kappa shape index (κ1) is 16.0. The van der Waals surface area contributed by atoms with Crippen LogP contribution < -0.4 is 5.73 Å². The predicted octanol–water partition coefficient (Wildman–Crippen LogP) is 4.26. The van der Waals surface area contributed by atoms with Gasteiger partial charge in [-0.05, 0) is 44.1 Å². The smallest absolute Gasteiger partial charge is 0.0340 e. The summed E-state index contributed by atoms with van der Waals surface area (Å²) in [5, 5.41) is 2.18. The van der Waals surface area contributed by atoms with Gasteiger partial charge in [-0.3, -0.25) is 4.90 Å². The van der Waals surface area contributed by atoms with Crippen molar-refractivity contribution in [2.75, 3.05) is 6.54 Å². The van der Waals surface area contributed by atoms with Crippen LogP contribution in [-0.2, 0) is 6.54 Å². The summed E-state index contributed by atoms with van der Waals surface area (Å²) in [5.74, 6) is 0.858. The fraction of sp³-hybridized carbons (Fsp3) is 0.765. The van der Waals surface area contributed by atoms with Crippen LogP contribution in [0.4, 0.5) is 0 Å². The highest BCUT2D eigenvalue weighted by atomic mass is 32.1. The minimum Gasteiger partial charge on any atom is -0.329 e. The maximum absolute atomic E-state index is 6.28. The quantitative estimate of drug-likeness (QED) is 0.849. The Morgan fingerprint density at radius 1 is 1.50 bits per heavy atom. The molecule has 0 aliphatic heterocycles. The molecule has 2 rings (SSSR count). The fourth-order valence-corrected chi connectivity index (χ4v) is 4.54. The number of rotatable bonds is 6. The summed E-state index contributed by atoms with van der Waals surface area (Å²) in [5.41, 5.74) is 6.50. The molecule has 2 nitrogen and oxygen atoms in total. The average Bonchev–Trinajstić information content (AvgIpc) is 2.97. The van der Waals surface area contributed by atoms with E-state index in [1.54, 1.807) is 0 Å². The van der Waals surface area contributed by atoms with Crippen LogP contribution in [-0.4, -0.2) is 23.0 Å². The third-order valence-electron chi connectivity index (χ3n) is 5.02. The summed E-state index contributed by atoms with van der Waals surface area (Å²) in [6, 6.07) is 4.96. The molecule has 1 aliphatic rings. The summed E-state index contributed by atoms with van der Waals surface area (Å²) in [6.45, 7) is 8.83. The van der Waals surface area contributed by atoms with E-state index in [0.29, 0.717) is 6.04 Å². The number of nitrogens with zero attached hydrogens (tertiary/aromatic N) is 1. The van der Waals surface area contributed by atoms with Crippen molar-refractivity contribution in [2.24, 2.45) is 11.7 Å². The van der Waals surface area contributed by atoms with E-state index < -0.39 is 0 Å². The van der Waals surface area contributed by atoms with Crippen LogP contribution >= 0.6 is 11.3 Å². The standard InChI is InChI=1S/C17H30N2S/c1-4-15-7-5-9-17(11-15,13-18)19(14(2)3)12-16-8-6-10-20-16/h6,8,10,14-15H,4-5,7,9,11-13,18H2,1-3H3. The van der Waals surface area contributed by atoms with Gasteiger partial charge in [0.1, 0.15) is 0 Å². The number of nitrogens with two attached hydrogens (primary N) is 1. The van der Waals surface area contributed by atoms with Crippen LogP contribution in [0.1, 0.15) is 57.8 Å². The molecular formula is C17H30N2S. The van der Waals surface area contributed by atoms with Crippen LogP contribution in [0.2, 0.25) is 0 Å². The molecule has 1 aromatic heterocycles. The average molecular weight is 295 g/mol. The van der Waals surface area contributed by atoms with Crippen LogP contribution in [0, 0.1) is 5.92 Å². The molecule has 1 saturated carbocycles. The van der Waals surface area contributed by atoms with Crippen molar-refractivity contribution >= 4 is 11.3 Å². The third kappa shape index (κ3) is 3.44. The van der Waals surface area contributed by atoms with Gasteiger partial charge < -0.3 is 5.73 Å². The Morgan fingerprint density at radius 2 is 2.30 bits per heavy atom. The van der Waals surface area contributed by atoms with Crippen molar-refractivity contribution in [3.63, 3.8) is 0 Å². The Labute approximate surface area is 128 Å². The zero-order valence-electron chi connectivity index (χ0n) is 13.3. The number of hydrogen-bond donors (Lipinski definition) is 1. The van der Waals surface area contributed by atoms with Gasteiger partial charge in [0, 0.05) is 29.5 Å². The summed E-state index contributed by atoms with van der Waals surface area (Å²) in [4.78, 5) is 4.14. The van der Waals surface area contributed by atoms with Gasteiger partial charge in [-0.1, -0.05) is 32.3 Å². The van der Waals surface area contributed by atoms with Gasteiger partial charge >= 0.3 is 0 Å². The SMILES string of the molecule is CCC1CCCC(CN)(N(Cc2cccs2)C(C)C)C1. The molecule has 0 radical (unpaired) electrons. The minimum atomic E-state index is 0.219. The van der Waals surface area contributed by atoms with Gasteiger partial charge in [0.15, 0.2) is 0 Å². The van der Waals surface area contributed by atoms with E-state index >= 15 is 0 Å². The van der Waals surface area contributed by atoms with Crippen LogP contribution in [0.5, 0.6) is 0 Å². The van der Waals surface area contributed by atoms with E-state index in [1.807, 2.05) is 11.3 Å². The third-order valence-corrected chi connectivity index (χ3v) is 5.88. The molecule has 1 aromatic rings. The van der Waals surface area contributed by atoms with E-state index in [1.165, 1.54) is 37.0 Å². The van der Waals surface area contributed by atoms with E-state index in [4.69, 9.17) is 5.73 Å². The van der Waals surface area contributed by atoms with E-state index in [-0.39, 0.29) is 5.54 Å². The predicted molar refractivity (Wildman–Crippen MR) is 89.0 cm³/mol. The zero-order chi connectivity index (χ0) is 14.6. The van der Waals surface area contributed by atoms with Gasteiger partial charge in [-0.15, -0.1) is 11.3 Å². The molecule has 114 valence electrons. The highest BCUT2D eigenvalue weighted by Crippen LogP contribution is 2.39. The number of hydrogen-bond acceptors (Lipinski definition) is 3. The van der Waals surface area contributed by atoms with E-state index in [2.05, 4.69) is 43.2 Å². The maximum atomic E-state index is 6.28. The molecule has 2 unspecified atom stereocenters. The molecule has 1 heterocycles. The maximum Gasteiger partial charge on any atom is 0.0340 e.